The third-order valence-electron chi connectivity index (χ3n) is 3.94. The van der Waals surface area contributed by atoms with Crippen LogP contribution in [0.3, 0.4) is 0 Å². The van der Waals surface area contributed by atoms with Gasteiger partial charge in [0.05, 0.1) is 0 Å². The van der Waals surface area contributed by atoms with E-state index in [0.717, 1.165) is 16.7 Å². The van der Waals surface area contributed by atoms with Gasteiger partial charge in [0.2, 0.25) is 0 Å². The summed E-state index contributed by atoms with van der Waals surface area (Å²) in [7, 11) is 0. The van der Waals surface area contributed by atoms with Crippen molar-refractivity contribution in [2.24, 2.45) is 0 Å². The predicted octanol–water partition coefficient (Wildman–Crippen LogP) is 4.78. The van der Waals surface area contributed by atoms with Crippen LogP contribution in [-0.2, 0) is 0 Å². The molecule has 0 N–H and O–H groups in total. The fraction of sp³-hybridized carbons (Fsp3) is 0.167. The topological polar surface area (TPSA) is 47.8 Å². The number of thioether (sulfide) groups is 1. The van der Waals surface area contributed by atoms with E-state index in [-0.39, 0.29) is 11.2 Å². The Balaban J connectivity index is 1.68. The Hall–Kier alpha value is -2.11. The largest absolute Gasteiger partial charge is 0.272 e. The molecule has 1 unspecified atom stereocenters. The highest BCUT2D eigenvalue weighted by molar-refractivity contribution is 7.99. The fourth-order valence-corrected chi connectivity index (χ4v) is 4.00. The molecule has 0 saturated heterocycles. The molecule has 0 aliphatic carbocycles. The molecule has 6 heteroatoms. The number of aromatic nitrogens is 3. The van der Waals surface area contributed by atoms with Crippen molar-refractivity contribution in [1.29, 1.82) is 0 Å². The number of hydrogen-bond acceptors (Lipinski definition) is 4. The number of carbonyl (C=O) groups excluding carboxylic acids is 1. The van der Waals surface area contributed by atoms with Crippen LogP contribution in [-0.4, -0.2) is 20.7 Å². The average molecular weight is 356 g/mol. The smallest absolute Gasteiger partial charge is 0.250 e. The first-order valence-electron chi connectivity index (χ1n) is 7.59. The Kier molecular flexibility index (Phi) is 3.90. The molecule has 1 aliphatic rings. The summed E-state index contributed by atoms with van der Waals surface area (Å²) in [6.07, 6.45) is 0.399. The maximum atomic E-state index is 12.5. The first-order valence-corrected chi connectivity index (χ1v) is 8.85. The zero-order valence-corrected chi connectivity index (χ0v) is 14.5. The summed E-state index contributed by atoms with van der Waals surface area (Å²) in [5, 5.41) is 5.77. The van der Waals surface area contributed by atoms with Crippen molar-refractivity contribution in [3.05, 3.63) is 64.7 Å². The van der Waals surface area contributed by atoms with E-state index in [1.54, 1.807) is 11.8 Å². The molecule has 0 fully saturated rings. The Morgan fingerprint density at radius 2 is 2.00 bits per heavy atom. The van der Waals surface area contributed by atoms with Crippen LogP contribution in [0, 0.1) is 6.92 Å². The first kappa shape index (κ1) is 15.4. The summed E-state index contributed by atoms with van der Waals surface area (Å²) in [6, 6.07) is 15.6. The average Bonchev–Trinajstić information content (AvgIpc) is 3.00. The molecule has 0 spiro atoms. The summed E-state index contributed by atoms with van der Waals surface area (Å²) >= 11 is 7.51. The van der Waals surface area contributed by atoms with Crippen LogP contribution in [0.15, 0.2) is 53.7 Å². The Morgan fingerprint density at radius 1 is 1.21 bits per heavy atom. The SMILES string of the molecule is Cc1cccc(-c2nc3n(n2)C(=O)CC(c2ccc(Cl)cc2)S3)c1. The molecule has 1 atom stereocenters. The molecule has 0 amide bonds. The monoisotopic (exact) mass is 355 g/mol. The Labute approximate surface area is 148 Å². The number of halogens is 1. The van der Waals surface area contributed by atoms with Crippen LogP contribution in [0.25, 0.3) is 11.4 Å². The predicted molar refractivity (Wildman–Crippen MR) is 95.5 cm³/mol. The second kappa shape index (κ2) is 6.07. The van der Waals surface area contributed by atoms with Gasteiger partial charge in [-0.2, -0.15) is 4.68 Å². The van der Waals surface area contributed by atoms with Crippen molar-refractivity contribution in [3.8, 4) is 11.4 Å². The molecular formula is C18H14ClN3OS. The van der Waals surface area contributed by atoms with Gasteiger partial charge >= 0.3 is 0 Å². The lowest BCUT2D eigenvalue weighted by atomic mass is 10.1. The van der Waals surface area contributed by atoms with Crippen LogP contribution >= 0.6 is 23.4 Å². The minimum absolute atomic E-state index is 0.0323. The van der Waals surface area contributed by atoms with Gasteiger partial charge in [-0.3, -0.25) is 4.79 Å². The Morgan fingerprint density at radius 3 is 2.75 bits per heavy atom. The van der Waals surface area contributed by atoms with Gasteiger partial charge in [0.1, 0.15) is 0 Å². The molecule has 2 heterocycles. The molecule has 4 nitrogen and oxygen atoms in total. The number of hydrogen-bond donors (Lipinski definition) is 0. The van der Waals surface area contributed by atoms with Crippen molar-refractivity contribution in [2.75, 3.05) is 0 Å². The molecule has 4 rings (SSSR count). The Bertz CT molecular complexity index is 920. The minimum Gasteiger partial charge on any atom is -0.272 e. The molecule has 1 aromatic heterocycles. The second-order valence-electron chi connectivity index (χ2n) is 5.76. The van der Waals surface area contributed by atoms with Crippen molar-refractivity contribution in [3.63, 3.8) is 0 Å². The fourth-order valence-electron chi connectivity index (χ4n) is 2.72. The third-order valence-corrected chi connectivity index (χ3v) is 5.39. The highest BCUT2D eigenvalue weighted by Gasteiger charge is 2.30. The van der Waals surface area contributed by atoms with E-state index in [2.05, 4.69) is 10.1 Å². The van der Waals surface area contributed by atoms with E-state index >= 15 is 0 Å². The quantitative estimate of drug-likeness (QED) is 0.663. The van der Waals surface area contributed by atoms with Gasteiger partial charge in [0, 0.05) is 22.3 Å². The lowest BCUT2D eigenvalue weighted by Crippen LogP contribution is -2.20. The van der Waals surface area contributed by atoms with Gasteiger partial charge in [-0.25, -0.2) is 4.98 Å². The molecular weight excluding hydrogens is 342 g/mol. The zero-order valence-electron chi connectivity index (χ0n) is 12.9. The van der Waals surface area contributed by atoms with E-state index in [1.807, 2.05) is 55.5 Å². The molecule has 0 bridgehead atoms. The van der Waals surface area contributed by atoms with Crippen LogP contribution < -0.4 is 0 Å². The molecule has 0 saturated carbocycles. The van der Waals surface area contributed by atoms with Gasteiger partial charge in [0.25, 0.3) is 5.91 Å². The van der Waals surface area contributed by atoms with Gasteiger partial charge in [-0.05, 0) is 30.7 Å². The van der Waals surface area contributed by atoms with Crippen LogP contribution in [0.2, 0.25) is 5.02 Å². The molecule has 2 aromatic carbocycles. The number of benzene rings is 2. The third kappa shape index (κ3) is 2.85. The number of fused-ring (bicyclic) bond motifs is 1. The highest BCUT2D eigenvalue weighted by Crippen LogP contribution is 2.41. The zero-order chi connectivity index (χ0) is 16.7. The summed E-state index contributed by atoms with van der Waals surface area (Å²) in [6.45, 7) is 2.02. The second-order valence-corrected chi connectivity index (χ2v) is 7.36. The molecule has 24 heavy (non-hydrogen) atoms. The normalized spacial score (nSPS) is 16.9. The number of aryl methyl sites for hydroxylation is 1. The van der Waals surface area contributed by atoms with E-state index in [9.17, 15) is 4.79 Å². The maximum absolute atomic E-state index is 12.5. The number of carbonyl (C=O) groups is 1. The summed E-state index contributed by atoms with van der Waals surface area (Å²) in [4.78, 5) is 17.0. The highest BCUT2D eigenvalue weighted by atomic mass is 35.5. The lowest BCUT2D eigenvalue weighted by Gasteiger charge is -2.20. The molecule has 120 valence electrons. The summed E-state index contributed by atoms with van der Waals surface area (Å²) < 4.78 is 1.43. The van der Waals surface area contributed by atoms with E-state index < -0.39 is 0 Å². The number of nitrogens with zero attached hydrogens (tertiary/aromatic N) is 3. The van der Waals surface area contributed by atoms with Crippen molar-refractivity contribution >= 4 is 29.3 Å². The van der Waals surface area contributed by atoms with Gasteiger partial charge in [-0.15, -0.1) is 5.10 Å². The number of rotatable bonds is 2. The maximum Gasteiger partial charge on any atom is 0.250 e. The summed E-state index contributed by atoms with van der Waals surface area (Å²) in [5.41, 5.74) is 3.13. The van der Waals surface area contributed by atoms with Crippen molar-refractivity contribution in [2.45, 2.75) is 23.8 Å². The van der Waals surface area contributed by atoms with E-state index in [1.165, 1.54) is 4.68 Å². The molecule has 3 aromatic rings. The standard InChI is InChI=1S/C18H14ClN3OS/c1-11-3-2-4-13(9-11)17-20-18-22(21-17)16(23)10-15(24-18)12-5-7-14(19)8-6-12/h2-9,15H,10H2,1H3. The van der Waals surface area contributed by atoms with Gasteiger partial charge < -0.3 is 0 Å². The van der Waals surface area contributed by atoms with Crippen molar-refractivity contribution in [1.82, 2.24) is 14.8 Å². The minimum atomic E-state index is -0.0323. The first-order chi connectivity index (χ1) is 11.6. The van der Waals surface area contributed by atoms with E-state index in [4.69, 9.17) is 11.6 Å². The van der Waals surface area contributed by atoms with E-state index in [0.29, 0.717) is 22.4 Å². The molecule has 1 aliphatic heterocycles. The van der Waals surface area contributed by atoms with Gasteiger partial charge in [-0.1, -0.05) is 59.3 Å². The van der Waals surface area contributed by atoms with Gasteiger partial charge in [0.15, 0.2) is 11.0 Å². The lowest BCUT2D eigenvalue weighted by molar-refractivity contribution is 0.0868. The van der Waals surface area contributed by atoms with Crippen LogP contribution in [0.4, 0.5) is 0 Å². The van der Waals surface area contributed by atoms with Crippen LogP contribution in [0.1, 0.15) is 27.6 Å². The van der Waals surface area contributed by atoms with Crippen molar-refractivity contribution < 1.29 is 4.79 Å². The van der Waals surface area contributed by atoms with Crippen LogP contribution in [0.5, 0.6) is 0 Å². The molecule has 0 radical (unpaired) electrons. The summed E-state index contributed by atoms with van der Waals surface area (Å²) in [5.74, 6) is 0.557.